The van der Waals surface area contributed by atoms with Crippen molar-refractivity contribution in [2.75, 3.05) is 0 Å². The Balaban J connectivity index is 1.95. The van der Waals surface area contributed by atoms with Crippen LogP contribution >= 0.6 is 0 Å². The molecule has 0 radical (unpaired) electrons. The van der Waals surface area contributed by atoms with Gasteiger partial charge in [-0.1, -0.05) is 31.2 Å². The summed E-state index contributed by atoms with van der Waals surface area (Å²) in [6.45, 7) is 2.08. The van der Waals surface area contributed by atoms with Gasteiger partial charge in [-0.25, -0.2) is 5.01 Å². The lowest BCUT2D eigenvalue weighted by Gasteiger charge is -2.27. The van der Waals surface area contributed by atoms with E-state index in [4.69, 9.17) is 0 Å². The number of hydrogen-bond acceptors (Lipinski definition) is 4. The van der Waals surface area contributed by atoms with E-state index in [9.17, 15) is 4.79 Å². The van der Waals surface area contributed by atoms with E-state index in [1.165, 1.54) is 0 Å². The Morgan fingerprint density at radius 1 is 1.22 bits per heavy atom. The summed E-state index contributed by atoms with van der Waals surface area (Å²) in [7, 11) is 0. The van der Waals surface area contributed by atoms with Crippen molar-refractivity contribution in [3.8, 4) is 0 Å². The van der Waals surface area contributed by atoms with E-state index < -0.39 is 0 Å². The third-order valence-corrected chi connectivity index (χ3v) is 3.66. The molecule has 0 spiro atoms. The predicted molar refractivity (Wildman–Crippen MR) is 69.5 cm³/mol. The van der Waals surface area contributed by atoms with Gasteiger partial charge in [0, 0.05) is 29.5 Å². The van der Waals surface area contributed by atoms with Gasteiger partial charge in [0.25, 0.3) is 0 Å². The van der Waals surface area contributed by atoms with Crippen molar-refractivity contribution < 1.29 is 4.79 Å². The number of nitrogens with zero attached hydrogens (tertiary/aromatic N) is 3. The van der Waals surface area contributed by atoms with E-state index in [2.05, 4.69) is 17.0 Å². The van der Waals surface area contributed by atoms with Gasteiger partial charge in [-0.2, -0.15) is 5.10 Å². The summed E-state index contributed by atoms with van der Waals surface area (Å²) < 4.78 is 0. The fraction of sp³-hybridized carbons (Fsp3) is 0.214. The van der Waals surface area contributed by atoms with Crippen LogP contribution in [0.4, 0.5) is 0 Å². The summed E-state index contributed by atoms with van der Waals surface area (Å²) in [4.78, 5) is 16.7. The summed E-state index contributed by atoms with van der Waals surface area (Å²) >= 11 is 0. The Bertz CT molecular complexity index is 657. The first-order valence-corrected chi connectivity index (χ1v) is 6.02. The van der Waals surface area contributed by atoms with Crippen LogP contribution < -0.4 is 0 Å². The highest BCUT2D eigenvalue weighted by Gasteiger charge is 2.40. The third kappa shape index (κ3) is 1.03. The van der Waals surface area contributed by atoms with Crippen molar-refractivity contribution in [2.24, 2.45) is 16.0 Å². The molecule has 2 unspecified atom stereocenters. The monoisotopic (exact) mass is 237 g/mol. The second-order valence-corrected chi connectivity index (χ2v) is 4.80. The number of benzene rings is 1. The predicted octanol–water partition coefficient (Wildman–Crippen LogP) is 1.94. The molecular weight excluding hydrogens is 226 g/mol. The largest absolute Gasteiger partial charge is 0.288 e. The van der Waals surface area contributed by atoms with Crippen LogP contribution in [0.2, 0.25) is 0 Å². The van der Waals surface area contributed by atoms with Crippen molar-refractivity contribution >= 4 is 23.9 Å². The summed E-state index contributed by atoms with van der Waals surface area (Å²) in [5, 5.41) is 6.28. The van der Waals surface area contributed by atoms with Crippen LogP contribution in [0.15, 0.2) is 39.9 Å². The first-order valence-electron chi connectivity index (χ1n) is 6.02. The van der Waals surface area contributed by atoms with E-state index in [1.54, 1.807) is 6.21 Å². The molecule has 0 saturated carbocycles. The van der Waals surface area contributed by atoms with Gasteiger partial charge in [0.15, 0.2) is 5.78 Å². The first kappa shape index (κ1) is 9.76. The molecular formula is C14H11N3O. The van der Waals surface area contributed by atoms with Crippen molar-refractivity contribution in [2.45, 2.75) is 13.1 Å². The summed E-state index contributed by atoms with van der Waals surface area (Å²) in [5.41, 5.74) is 3.30. The maximum Gasteiger partial charge on any atom is 0.197 e. The van der Waals surface area contributed by atoms with Crippen LogP contribution in [0.25, 0.3) is 5.70 Å². The van der Waals surface area contributed by atoms with Gasteiger partial charge >= 0.3 is 0 Å². The fourth-order valence-electron chi connectivity index (χ4n) is 2.74. The highest BCUT2D eigenvalue weighted by atomic mass is 16.1. The first-order chi connectivity index (χ1) is 8.77. The van der Waals surface area contributed by atoms with Crippen LogP contribution in [0, 0.1) is 5.92 Å². The molecule has 88 valence electrons. The molecule has 0 fully saturated rings. The minimum atomic E-state index is 0.00251. The summed E-state index contributed by atoms with van der Waals surface area (Å²) in [5.74, 6) is 0.329. The molecule has 0 amide bonds. The average molecular weight is 237 g/mol. The smallest absolute Gasteiger partial charge is 0.197 e. The number of fused-ring (bicyclic) bond motifs is 4. The second-order valence-electron chi connectivity index (χ2n) is 4.80. The molecule has 2 atom stereocenters. The molecule has 4 heteroatoms. The maximum atomic E-state index is 12.3. The van der Waals surface area contributed by atoms with Gasteiger partial charge in [-0.3, -0.25) is 9.79 Å². The van der Waals surface area contributed by atoms with Gasteiger partial charge in [0.1, 0.15) is 6.17 Å². The number of hydrogen-bond donors (Lipinski definition) is 0. The summed E-state index contributed by atoms with van der Waals surface area (Å²) in [6.07, 6.45) is 3.61. The van der Waals surface area contributed by atoms with Crippen molar-refractivity contribution in [1.29, 1.82) is 0 Å². The molecule has 2 heterocycles. The Morgan fingerprint density at radius 2 is 2.00 bits per heavy atom. The van der Waals surface area contributed by atoms with E-state index in [1.807, 2.05) is 35.5 Å². The highest BCUT2D eigenvalue weighted by molar-refractivity contribution is 6.31. The Labute approximate surface area is 104 Å². The molecule has 2 aliphatic heterocycles. The minimum Gasteiger partial charge on any atom is -0.288 e. The quantitative estimate of drug-likeness (QED) is 0.692. The zero-order valence-electron chi connectivity index (χ0n) is 9.87. The molecule has 4 rings (SSSR count). The molecule has 4 nitrogen and oxygen atoms in total. The molecule has 1 aromatic rings. The Kier molecular flexibility index (Phi) is 1.71. The topological polar surface area (TPSA) is 45.0 Å². The lowest BCUT2D eigenvalue weighted by molar-refractivity contribution is 0.104. The third-order valence-electron chi connectivity index (χ3n) is 3.66. The number of ketones is 1. The molecule has 3 aliphatic rings. The number of rotatable bonds is 0. The van der Waals surface area contributed by atoms with Crippen LogP contribution in [0.5, 0.6) is 0 Å². The number of carbonyl (C=O) groups excluding carboxylic acids is 1. The molecule has 0 saturated heterocycles. The lowest BCUT2D eigenvalue weighted by Crippen LogP contribution is -2.31. The maximum absolute atomic E-state index is 12.3. The van der Waals surface area contributed by atoms with E-state index in [0.29, 0.717) is 5.57 Å². The van der Waals surface area contributed by atoms with Crippen LogP contribution in [-0.2, 0) is 0 Å². The lowest BCUT2D eigenvalue weighted by atomic mass is 10.1. The van der Waals surface area contributed by atoms with Gasteiger partial charge < -0.3 is 0 Å². The molecule has 0 N–H and O–H groups in total. The fourth-order valence-corrected chi connectivity index (χ4v) is 2.74. The van der Waals surface area contributed by atoms with Gasteiger partial charge in [0.2, 0.25) is 0 Å². The average Bonchev–Trinajstić information content (AvgIpc) is 2.91. The normalized spacial score (nSPS) is 27.6. The number of aliphatic imine (C=N–C) groups is 1. The molecule has 0 aromatic heterocycles. The van der Waals surface area contributed by atoms with Crippen molar-refractivity contribution in [3.05, 3.63) is 41.0 Å². The molecule has 18 heavy (non-hydrogen) atoms. The van der Waals surface area contributed by atoms with Crippen LogP contribution in [0.1, 0.15) is 22.8 Å². The van der Waals surface area contributed by atoms with E-state index >= 15 is 0 Å². The minimum absolute atomic E-state index is 0.00251. The van der Waals surface area contributed by atoms with Crippen molar-refractivity contribution in [1.82, 2.24) is 5.01 Å². The number of allylic oxidation sites excluding steroid dienone is 1. The zero-order valence-corrected chi connectivity index (χ0v) is 9.87. The molecule has 1 aliphatic carbocycles. The molecule has 1 aromatic carbocycles. The standard InChI is InChI=1S/C14H11N3O/c1-8-6-16-17-12-9-4-2-3-5-10(9)13(18)11(12)7-15-14(8)17/h2-8,14H,1H3. The zero-order chi connectivity index (χ0) is 12.3. The Morgan fingerprint density at radius 3 is 2.83 bits per heavy atom. The second kappa shape index (κ2) is 3.16. The van der Waals surface area contributed by atoms with Crippen LogP contribution in [0.3, 0.4) is 0 Å². The van der Waals surface area contributed by atoms with Gasteiger partial charge in [-0.15, -0.1) is 0 Å². The Hall–Kier alpha value is -2.23. The van der Waals surface area contributed by atoms with E-state index in [0.717, 1.165) is 16.8 Å². The highest BCUT2D eigenvalue weighted by Crippen LogP contribution is 2.40. The van der Waals surface area contributed by atoms with Crippen molar-refractivity contribution in [3.63, 3.8) is 0 Å². The van der Waals surface area contributed by atoms with Gasteiger partial charge in [0.05, 0.1) is 11.3 Å². The SMILES string of the molecule is CC1C=NN2C3=C(C=NC12)C(=O)c1ccccc13. The van der Waals surface area contributed by atoms with Gasteiger partial charge in [-0.05, 0) is 0 Å². The number of carbonyl (C=O) groups is 1. The number of Topliss-reactive ketones (excluding diaryl/α,β-unsaturated/α-hetero) is 1. The molecule has 0 bridgehead atoms. The van der Waals surface area contributed by atoms with Crippen LogP contribution in [-0.4, -0.2) is 29.4 Å². The summed E-state index contributed by atoms with van der Waals surface area (Å²) in [6, 6.07) is 7.68. The number of hydrazone groups is 1. The van der Waals surface area contributed by atoms with E-state index in [-0.39, 0.29) is 17.9 Å².